The van der Waals surface area contributed by atoms with E-state index >= 15 is 0 Å². The number of carboxylic acids is 2. The van der Waals surface area contributed by atoms with Crippen LogP contribution in [0.25, 0.3) is 0 Å². The Morgan fingerprint density at radius 3 is 2.25 bits per heavy atom. The van der Waals surface area contributed by atoms with Gasteiger partial charge in [-0.25, -0.2) is 0 Å². The van der Waals surface area contributed by atoms with Crippen LogP contribution in [-0.4, -0.2) is 34.4 Å². The Bertz CT molecular complexity index is 304. The summed E-state index contributed by atoms with van der Waals surface area (Å²) in [5.74, 6) is -3.68. The minimum Gasteiger partial charge on any atom is -0.548 e. The van der Waals surface area contributed by atoms with Crippen LogP contribution in [0.2, 0.25) is 0 Å². The maximum Gasteiger partial charge on any atom is 0.320 e. The lowest BCUT2D eigenvalue weighted by Gasteiger charge is -2.27. The molecule has 16 heavy (non-hydrogen) atoms. The normalized spacial score (nSPS) is 16.2. The first-order valence-electron chi connectivity index (χ1n) is 4.77. The number of nitrogens with two attached hydrogens (primary N) is 2. The summed E-state index contributed by atoms with van der Waals surface area (Å²) in [6.07, 6.45) is -0.567. The van der Waals surface area contributed by atoms with Crippen molar-refractivity contribution in [3.63, 3.8) is 0 Å². The molecule has 0 aromatic carbocycles. The van der Waals surface area contributed by atoms with Gasteiger partial charge in [-0.15, -0.1) is 0 Å². The number of aliphatic carboxylic acids is 2. The van der Waals surface area contributed by atoms with Gasteiger partial charge in [-0.3, -0.25) is 9.59 Å². The molecule has 7 nitrogen and oxygen atoms in total. The lowest BCUT2D eigenvalue weighted by Crippen LogP contribution is -2.60. The Hall–Kier alpha value is -1.47. The molecule has 0 spiro atoms. The quantitative estimate of drug-likeness (QED) is 0.414. The van der Waals surface area contributed by atoms with Crippen LogP contribution < -0.4 is 16.6 Å². The smallest absolute Gasteiger partial charge is 0.320 e. The standard InChI is InChI=1S/C9H16N2O5/c1-2-9(11,8(15)16)6(12)4-3-5(10)7(13)14/h5H,2-4,10-11H2,1H3,(H,13,14)(H,15,16)/p-1. The van der Waals surface area contributed by atoms with Gasteiger partial charge in [-0.05, 0) is 12.8 Å². The Morgan fingerprint density at radius 2 is 1.94 bits per heavy atom. The van der Waals surface area contributed by atoms with Gasteiger partial charge in [0, 0.05) is 6.42 Å². The van der Waals surface area contributed by atoms with E-state index in [2.05, 4.69) is 0 Å². The Balaban J connectivity index is 4.46. The lowest BCUT2D eigenvalue weighted by molar-refractivity contribution is -0.311. The summed E-state index contributed by atoms with van der Waals surface area (Å²) in [4.78, 5) is 32.5. The highest BCUT2D eigenvalue weighted by Gasteiger charge is 2.33. The third-order valence-corrected chi connectivity index (χ3v) is 2.42. The summed E-state index contributed by atoms with van der Waals surface area (Å²) >= 11 is 0. The van der Waals surface area contributed by atoms with Gasteiger partial charge in [0.1, 0.15) is 11.6 Å². The highest BCUT2D eigenvalue weighted by Crippen LogP contribution is 2.11. The molecule has 0 bridgehead atoms. The number of rotatable bonds is 7. The Morgan fingerprint density at radius 1 is 1.44 bits per heavy atom. The number of Topliss-reactive ketones (excluding diaryl/α,β-unsaturated/α-hetero) is 1. The van der Waals surface area contributed by atoms with Crippen molar-refractivity contribution in [3.8, 4) is 0 Å². The number of hydrogen-bond donors (Lipinski definition) is 3. The molecule has 0 amide bonds. The van der Waals surface area contributed by atoms with Crippen LogP contribution in [-0.2, 0) is 14.4 Å². The molecule has 2 atom stereocenters. The summed E-state index contributed by atoms with van der Waals surface area (Å²) in [6.45, 7) is 1.44. The minimum absolute atomic E-state index is 0.115. The molecule has 92 valence electrons. The average Bonchev–Trinajstić information content (AvgIpc) is 2.23. The molecular formula is C9H15N2O5-. The Labute approximate surface area is 92.4 Å². The highest BCUT2D eigenvalue weighted by atomic mass is 16.4. The molecule has 7 heteroatoms. The van der Waals surface area contributed by atoms with E-state index in [1.807, 2.05) is 0 Å². The predicted molar refractivity (Wildman–Crippen MR) is 52.1 cm³/mol. The van der Waals surface area contributed by atoms with E-state index in [1.165, 1.54) is 6.92 Å². The molecular weight excluding hydrogens is 216 g/mol. The van der Waals surface area contributed by atoms with Crippen molar-refractivity contribution in [2.45, 2.75) is 37.8 Å². The molecule has 0 heterocycles. The van der Waals surface area contributed by atoms with Crippen LogP contribution in [0.4, 0.5) is 0 Å². The van der Waals surface area contributed by atoms with E-state index in [9.17, 15) is 19.5 Å². The first kappa shape index (κ1) is 14.5. The predicted octanol–water partition coefficient (Wildman–Crippen LogP) is -2.39. The number of ketones is 1. The summed E-state index contributed by atoms with van der Waals surface area (Å²) in [7, 11) is 0. The first-order valence-corrected chi connectivity index (χ1v) is 4.77. The van der Waals surface area contributed by atoms with Crippen molar-refractivity contribution in [2.24, 2.45) is 11.5 Å². The SMILES string of the molecule is CCC(N)(C(=O)[O-])C(=O)CCC(N)C(=O)O. The van der Waals surface area contributed by atoms with Crippen LogP contribution in [0.3, 0.4) is 0 Å². The van der Waals surface area contributed by atoms with Gasteiger partial charge in [0.2, 0.25) is 0 Å². The van der Waals surface area contributed by atoms with Crippen molar-refractivity contribution >= 4 is 17.7 Å². The Kier molecular flexibility index (Phi) is 5.06. The molecule has 2 unspecified atom stereocenters. The summed E-state index contributed by atoms with van der Waals surface area (Å²) in [5.41, 5.74) is 8.46. The average molecular weight is 231 g/mol. The van der Waals surface area contributed by atoms with Crippen molar-refractivity contribution in [1.82, 2.24) is 0 Å². The molecule has 0 saturated carbocycles. The molecule has 5 N–H and O–H groups in total. The molecule has 0 saturated heterocycles. The number of carbonyl (C=O) groups excluding carboxylic acids is 2. The van der Waals surface area contributed by atoms with E-state index in [4.69, 9.17) is 16.6 Å². The molecule has 0 radical (unpaired) electrons. The zero-order chi connectivity index (χ0) is 12.9. The third-order valence-electron chi connectivity index (χ3n) is 2.42. The molecule has 0 fully saturated rings. The van der Waals surface area contributed by atoms with Gasteiger partial charge in [0.05, 0.1) is 5.97 Å². The summed E-state index contributed by atoms with van der Waals surface area (Å²) < 4.78 is 0. The van der Waals surface area contributed by atoms with Crippen molar-refractivity contribution in [1.29, 1.82) is 0 Å². The van der Waals surface area contributed by atoms with Gasteiger partial charge in [0.25, 0.3) is 0 Å². The largest absolute Gasteiger partial charge is 0.548 e. The van der Waals surface area contributed by atoms with E-state index in [1.54, 1.807) is 0 Å². The second-order valence-electron chi connectivity index (χ2n) is 3.52. The maximum atomic E-state index is 11.5. The molecule has 0 aliphatic heterocycles. The fraction of sp³-hybridized carbons (Fsp3) is 0.667. The lowest BCUT2D eigenvalue weighted by atomic mass is 9.89. The number of carbonyl (C=O) groups is 3. The van der Waals surface area contributed by atoms with Gasteiger partial charge in [-0.2, -0.15) is 0 Å². The van der Waals surface area contributed by atoms with Crippen LogP contribution >= 0.6 is 0 Å². The van der Waals surface area contributed by atoms with E-state index in [-0.39, 0.29) is 19.3 Å². The highest BCUT2D eigenvalue weighted by molar-refractivity contribution is 6.06. The van der Waals surface area contributed by atoms with Gasteiger partial charge in [0.15, 0.2) is 5.78 Å². The van der Waals surface area contributed by atoms with Crippen LogP contribution in [0.15, 0.2) is 0 Å². The number of carboxylic acid groups (broad SMARTS) is 2. The van der Waals surface area contributed by atoms with Crippen LogP contribution in [0.5, 0.6) is 0 Å². The third kappa shape index (κ3) is 3.28. The zero-order valence-electron chi connectivity index (χ0n) is 8.93. The van der Waals surface area contributed by atoms with Gasteiger partial charge < -0.3 is 26.5 Å². The monoisotopic (exact) mass is 231 g/mol. The minimum atomic E-state index is -2.06. The van der Waals surface area contributed by atoms with Crippen molar-refractivity contribution < 1.29 is 24.6 Å². The zero-order valence-corrected chi connectivity index (χ0v) is 8.93. The van der Waals surface area contributed by atoms with Crippen LogP contribution in [0.1, 0.15) is 26.2 Å². The fourth-order valence-electron chi connectivity index (χ4n) is 1.09. The molecule has 0 aliphatic rings. The molecule has 0 aromatic rings. The summed E-state index contributed by atoms with van der Waals surface area (Å²) in [6, 6.07) is -1.20. The second-order valence-corrected chi connectivity index (χ2v) is 3.52. The first-order chi connectivity index (χ1) is 7.25. The molecule has 0 aromatic heterocycles. The van der Waals surface area contributed by atoms with Crippen LogP contribution in [0, 0.1) is 0 Å². The fourth-order valence-corrected chi connectivity index (χ4v) is 1.09. The second kappa shape index (κ2) is 5.57. The van der Waals surface area contributed by atoms with E-state index < -0.39 is 29.3 Å². The van der Waals surface area contributed by atoms with Crippen molar-refractivity contribution in [2.75, 3.05) is 0 Å². The van der Waals surface area contributed by atoms with Gasteiger partial charge in [-0.1, -0.05) is 6.92 Å². The molecule has 0 rings (SSSR count). The topological polar surface area (TPSA) is 147 Å². The van der Waals surface area contributed by atoms with Gasteiger partial charge >= 0.3 is 5.97 Å². The molecule has 0 aliphatic carbocycles. The summed E-state index contributed by atoms with van der Waals surface area (Å²) in [5, 5.41) is 19.1. The maximum absolute atomic E-state index is 11.5. The number of hydrogen-bond acceptors (Lipinski definition) is 6. The van der Waals surface area contributed by atoms with Crippen molar-refractivity contribution in [3.05, 3.63) is 0 Å². The van der Waals surface area contributed by atoms with E-state index in [0.29, 0.717) is 0 Å². The van der Waals surface area contributed by atoms with E-state index in [0.717, 1.165) is 0 Å².